The molecule has 6 nitrogen and oxygen atoms in total. The number of ether oxygens (including phenoxy) is 4. The molecule has 0 radical (unpaired) electrons. The molecule has 0 N–H and O–H groups in total. The van der Waals surface area contributed by atoms with Crippen molar-refractivity contribution in [3.63, 3.8) is 0 Å². The molecule has 0 aromatic rings. The Morgan fingerprint density at radius 3 is 2.35 bits per heavy atom. The highest BCUT2D eigenvalue weighted by molar-refractivity contribution is 5.86. The molecule has 6 heteroatoms. The fourth-order valence-corrected chi connectivity index (χ4v) is 2.85. The van der Waals surface area contributed by atoms with Gasteiger partial charge in [-0.1, -0.05) is 40.3 Å². The topological polar surface area (TPSA) is 71.1 Å². The van der Waals surface area contributed by atoms with E-state index >= 15 is 0 Å². The van der Waals surface area contributed by atoms with Crippen molar-refractivity contribution in [2.45, 2.75) is 53.2 Å². The van der Waals surface area contributed by atoms with Gasteiger partial charge in [0.15, 0.2) is 6.29 Å². The standard InChI is InChI=1S/C20H32O6/c1-7-10-19(6,11-24-17(22)15(4)5)18-25-13-20(9-3,14-26-18)12-23-16(21)8-2/h8,18H,2,4,7,9-14H2,1,3,5-6H3. The van der Waals surface area contributed by atoms with Gasteiger partial charge in [-0.25, -0.2) is 9.59 Å². The molecule has 0 saturated carbocycles. The molecular formula is C20H32O6. The average molecular weight is 368 g/mol. The van der Waals surface area contributed by atoms with Gasteiger partial charge in [0.2, 0.25) is 0 Å². The molecule has 1 aliphatic rings. The maximum Gasteiger partial charge on any atom is 0.333 e. The van der Waals surface area contributed by atoms with Crippen molar-refractivity contribution < 1.29 is 28.5 Å². The minimum Gasteiger partial charge on any atom is -0.462 e. The number of carbonyl (C=O) groups is 2. The second kappa shape index (κ2) is 9.88. The van der Waals surface area contributed by atoms with Crippen LogP contribution in [0.4, 0.5) is 0 Å². The summed E-state index contributed by atoms with van der Waals surface area (Å²) in [6.45, 7) is 15.9. The highest BCUT2D eigenvalue weighted by Crippen LogP contribution is 2.38. The summed E-state index contributed by atoms with van der Waals surface area (Å²) in [5.41, 5.74) is -0.475. The summed E-state index contributed by atoms with van der Waals surface area (Å²) in [5.74, 6) is -0.871. The summed E-state index contributed by atoms with van der Waals surface area (Å²) in [5, 5.41) is 0. The van der Waals surface area contributed by atoms with Crippen LogP contribution in [-0.4, -0.2) is 44.7 Å². The predicted octanol–water partition coefficient (Wildman–Crippen LogP) is 3.41. The SMILES string of the molecule is C=CC(=O)OCC1(CC)COC(C(C)(CCC)COC(=O)C(=C)C)OC1. The molecule has 1 rings (SSSR count). The molecule has 148 valence electrons. The van der Waals surface area contributed by atoms with E-state index in [2.05, 4.69) is 20.1 Å². The Balaban J connectivity index is 2.72. The van der Waals surface area contributed by atoms with Crippen molar-refractivity contribution in [3.05, 3.63) is 24.8 Å². The average Bonchev–Trinajstić information content (AvgIpc) is 2.64. The first kappa shape index (κ1) is 22.4. The third-order valence-corrected chi connectivity index (χ3v) is 4.79. The second-order valence-electron chi connectivity index (χ2n) is 7.38. The van der Waals surface area contributed by atoms with Gasteiger partial charge in [0, 0.05) is 11.6 Å². The number of hydrogen-bond acceptors (Lipinski definition) is 6. The van der Waals surface area contributed by atoms with Crippen LogP contribution in [0.5, 0.6) is 0 Å². The Kier molecular flexibility index (Phi) is 8.50. The summed E-state index contributed by atoms with van der Waals surface area (Å²) < 4.78 is 22.6. The van der Waals surface area contributed by atoms with E-state index in [0.717, 1.165) is 25.3 Å². The lowest BCUT2D eigenvalue weighted by atomic mass is 9.82. The maximum absolute atomic E-state index is 11.7. The lowest BCUT2D eigenvalue weighted by Gasteiger charge is -2.45. The van der Waals surface area contributed by atoms with E-state index in [0.29, 0.717) is 18.8 Å². The highest BCUT2D eigenvalue weighted by Gasteiger charge is 2.44. The molecule has 0 bridgehead atoms. The Bertz CT molecular complexity index is 518. The number of rotatable bonds is 10. The molecule has 0 spiro atoms. The van der Waals surface area contributed by atoms with Crippen molar-refractivity contribution in [1.82, 2.24) is 0 Å². The number of esters is 2. The first-order chi connectivity index (χ1) is 12.2. The predicted molar refractivity (Wildman–Crippen MR) is 98.4 cm³/mol. The molecule has 0 aromatic heterocycles. The molecule has 0 aliphatic carbocycles. The van der Waals surface area contributed by atoms with E-state index < -0.39 is 23.6 Å². The van der Waals surface area contributed by atoms with Gasteiger partial charge >= 0.3 is 11.9 Å². The lowest BCUT2D eigenvalue weighted by Crippen LogP contribution is -2.51. The van der Waals surface area contributed by atoms with Crippen LogP contribution in [0, 0.1) is 10.8 Å². The van der Waals surface area contributed by atoms with Crippen LogP contribution in [0.2, 0.25) is 0 Å². The van der Waals surface area contributed by atoms with Crippen LogP contribution in [0.1, 0.15) is 47.0 Å². The van der Waals surface area contributed by atoms with Gasteiger partial charge in [-0.05, 0) is 19.8 Å². The molecule has 1 atom stereocenters. The van der Waals surface area contributed by atoms with Gasteiger partial charge in [-0.2, -0.15) is 0 Å². The van der Waals surface area contributed by atoms with Crippen molar-refractivity contribution in [2.24, 2.45) is 10.8 Å². The Hall–Kier alpha value is -1.66. The molecule has 1 fully saturated rings. The van der Waals surface area contributed by atoms with E-state index in [1.165, 1.54) is 0 Å². The smallest absolute Gasteiger partial charge is 0.333 e. The zero-order chi connectivity index (χ0) is 19.8. The summed E-state index contributed by atoms with van der Waals surface area (Å²) in [4.78, 5) is 23.1. The van der Waals surface area contributed by atoms with Crippen LogP contribution in [0.25, 0.3) is 0 Å². The largest absolute Gasteiger partial charge is 0.462 e. The third kappa shape index (κ3) is 5.95. The van der Waals surface area contributed by atoms with E-state index in [9.17, 15) is 9.59 Å². The fraction of sp³-hybridized carbons (Fsp3) is 0.700. The molecule has 1 unspecified atom stereocenters. The zero-order valence-electron chi connectivity index (χ0n) is 16.5. The highest BCUT2D eigenvalue weighted by atomic mass is 16.7. The molecule has 1 heterocycles. The maximum atomic E-state index is 11.7. The van der Waals surface area contributed by atoms with Gasteiger partial charge < -0.3 is 18.9 Å². The molecule has 0 aromatic carbocycles. The van der Waals surface area contributed by atoms with Crippen molar-refractivity contribution >= 4 is 11.9 Å². The quantitative estimate of drug-likeness (QED) is 0.435. The zero-order valence-corrected chi connectivity index (χ0v) is 16.5. The van der Waals surface area contributed by atoms with Crippen molar-refractivity contribution in [1.29, 1.82) is 0 Å². The van der Waals surface area contributed by atoms with Crippen molar-refractivity contribution in [2.75, 3.05) is 26.4 Å². The number of hydrogen-bond donors (Lipinski definition) is 0. The van der Waals surface area contributed by atoms with Gasteiger partial charge in [-0.3, -0.25) is 0 Å². The van der Waals surface area contributed by atoms with Crippen LogP contribution in [0.3, 0.4) is 0 Å². The summed E-state index contributed by atoms with van der Waals surface area (Å²) in [7, 11) is 0. The second-order valence-corrected chi connectivity index (χ2v) is 7.38. The fourth-order valence-electron chi connectivity index (χ4n) is 2.85. The van der Waals surface area contributed by atoms with Gasteiger partial charge in [0.1, 0.15) is 13.2 Å². The molecule has 26 heavy (non-hydrogen) atoms. The number of carbonyl (C=O) groups excluding carboxylic acids is 2. The van der Waals surface area contributed by atoms with Crippen LogP contribution in [0.15, 0.2) is 24.8 Å². The lowest BCUT2D eigenvalue weighted by molar-refractivity contribution is -0.285. The van der Waals surface area contributed by atoms with E-state index in [1.54, 1.807) is 6.92 Å². The van der Waals surface area contributed by atoms with E-state index in [-0.39, 0.29) is 18.6 Å². The van der Waals surface area contributed by atoms with Crippen LogP contribution < -0.4 is 0 Å². The van der Waals surface area contributed by atoms with Crippen molar-refractivity contribution in [3.8, 4) is 0 Å². The minimum atomic E-state index is -0.491. The first-order valence-electron chi connectivity index (χ1n) is 9.07. The molecule has 1 aliphatic heterocycles. The monoisotopic (exact) mass is 368 g/mol. The Morgan fingerprint density at radius 1 is 1.27 bits per heavy atom. The molecule has 1 saturated heterocycles. The molecular weight excluding hydrogens is 336 g/mol. The normalized spacial score (nSPS) is 25.0. The van der Waals surface area contributed by atoms with Gasteiger partial charge in [0.25, 0.3) is 0 Å². The third-order valence-electron chi connectivity index (χ3n) is 4.79. The van der Waals surface area contributed by atoms with Gasteiger partial charge in [0.05, 0.1) is 24.0 Å². The Morgan fingerprint density at radius 2 is 1.88 bits per heavy atom. The first-order valence-corrected chi connectivity index (χ1v) is 9.07. The minimum absolute atomic E-state index is 0.196. The van der Waals surface area contributed by atoms with Crippen LogP contribution >= 0.6 is 0 Å². The Labute approximate surface area is 156 Å². The summed E-state index contributed by atoms with van der Waals surface area (Å²) >= 11 is 0. The summed E-state index contributed by atoms with van der Waals surface area (Å²) in [6, 6.07) is 0. The van der Waals surface area contributed by atoms with E-state index in [4.69, 9.17) is 18.9 Å². The molecule has 0 amide bonds. The van der Waals surface area contributed by atoms with Crippen LogP contribution in [-0.2, 0) is 28.5 Å². The van der Waals surface area contributed by atoms with Gasteiger partial charge in [-0.15, -0.1) is 0 Å². The van der Waals surface area contributed by atoms with E-state index in [1.807, 2.05) is 13.8 Å². The summed E-state index contributed by atoms with van der Waals surface area (Å²) in [6.07, 6.45) is 3.09.